The predicted octanol–water partition coefficient (Wildman–Crippen LogP) is 2.39. The summed E-state index contributed by atoms with van der Waals surface area (Å²) in [7, 11) is -7.33. The van der Waals surface area contributed by atoms with Gasteiger partial charge in [-0.2, -0.15) is 0 Å². The van der Waals surface area contributed by atoms with E-state index in [0.717, 1.165) is 31.2 Å². The number of nitrogens with one attached hydrogen (secondary N) is 2. The van der Waals surface area contributed by atoms with Crippen LogP contribution in [0.25, 0.3) is 0 Å². The SMILES string of the molecule is O=S(=O)(NCc1ccccc1)c1ccc(S(=O)(=O)NC2CCCC2)cc1. The number of benzene rings is 2. The second kappa shape index (κ2) is 7.87. The van der Waals surface area contributed by atoms with Crippen molar-refractivity contribution in [1.82, 2.24) is 9.44 Å². The molecule has 0 atom stereocenters. The minimum atomic E-state index is -3.71. The van der Waals surface area contributed by atoms with Crippen LogP contribution in [0.1, 0.15) is 31.2 Å². The molecule has 8 heteroatoms. The monoisotopic (exact) mass is 394 g/mol. The first-order valence-electron chi connectivity index (χ1n) is 8.53. The molecule has 26 heavy (non-hydrogen) atoms. The molecular weight excluding hydrogens is 372 g/mol. The average molecular weight is 395 g/mol. The molecule has 0 aromatic heterocycles. The van der Waals surface area contributed by atoms with E-state index in [4.69, 9.17) is 0 Å². The van der Waals surface area contributed by atoms with Crippen molar-refractivity contribution in [2.24, 2.45) is 0 Å². The lowest BCUT2D eigenvalue weighted by Crippen LogP contribution is -2.32. The molecule has 0 heterocycles. The highest BCUT2D eigenvalue weighted by Gasteiger charge is 2.23. The van der Waals surface area contributed by atoms with Crippen LogP contribution in [0.2, 0.25) is 0 Å². The minimum Gasteiger partial charge on any atom is -0.208 e. The lowest BCUT2D eigenvalue weighted by molar-refractivity contribution is 0.551. The van der Waals surface area contributed by atoms with Crippen LogP contribution in [-0.2, 0) is 26.6 Å². The van der Waals surface area contributed by atoms with Crippen LogP contribution in [0.5, 0.6) is 0 Å². The third kappa shape index (κ3) is 4.70. The van der Waals surface area contributed by atoms with Crippen LogP contribution >= 0.6 is 0 Å². The Labute approximate surface area is 154 Å². The maximum atomic E-state index is 12.4. The van der Waals surface area contributed by atoms with E-state index in [9.17, 15) is 16.8 Å². The summed E-state index contributed by atoms with van der Waals surface area (Å²) in [6.45, 7) is 0.173. The first-order chi connectivity index (χ1) is 12.4. The summed E-state index contributed by atoms with van der Waals surface area (Å²) in [6, 6.07) is 14.4. The van der Waals surface area contributed by atoms with Gasteiger partial charge in [-0.15, -0.1) is 0 Å². The molecule has 0 spiro atoms. The Hall–Kier alpha value is -1.74. The molecule has 0 unspecified atom stereocenters. The summed E-state index contributed by atoms with van der Waals surface area (Å²) in [5.74, 6) is 0. The van der Waals surface area contributed by atoms with Crippen molar-refractivity contribution in [2.75, 3.05) is 0 Å². The van der Waals surface area contributed by atoms with Gasteiger partial charge in [-0.25, -0.2) is 26.3 Å². The molecular formula is C18H22N2O4S2. The molecule has 0 bridgehead atoms. The lowest BCUT2D eigenvalue weighted by atomic mass is 10.2. The predicted molar refractivity (Wildman–Crippen MR) is 99.5 cm³/mol. The first-order valence-corrected chi connectivity index (χ1v) is 11.5. The number of hydrogen-bond donors (Lipinski definition) is 2. The third-order valence-electron chi connectivity index (χ3n) is 4.43. The zero-order valence-corrected chi connectivity index (χ0v) is 15.9. The van der Waals surface area contributed by atoms with E-state index < -0.39 is 20.0 Å². The Morgan fingerprint density at radius 2 is 1.31 bits per heavy atom. The molecule has 2 aromatic carbocycles. The Balaban J connectivity index is 1.69. The van der Waals surface area contributed by atoms with Crippen molar-refractivity contribution >= 4 is 20.0 Å². The Morgan fingerprint density at radius 3 is 1.88 bits per heavy atom. The van der Waals surface area contributed by atoms with Gasteiger partial charge in [0, 0.05) is 12.6 Å². The van der Waals surface area contributed by atoms with E-state index in [0.29, 0.717) is 0 Å². The molecule has 2 aromatic rings. The largest absolute Gasteiger partial charge is 0.240 e. The topological polar surface area (TPSA) is 92.3 Å². The van der Waals surface area contributed by atoms with Crippen LogP contribution in [0.15, 0.2) is 64.4 Å². The van der Waals surface area contributed by atoms with Crippen LogP contribution < -0.4 is 9.44 Å². The summed E-state index contributed by atoms with van der Waals surface area (Å²) in [4.78, 5) is 0.111. The molecule has 0 radical (unpaired) electrons. The molecule has 1 fully saturated rings. The van der Waals surface area contributed by atoms with Crippen LogP contribution in [-0.4, -0.2) is 22.9 Å². The number of sulfonamides is 2. The summed E-state index contributed by atoms with van der Waals surface area (Å²) in [5, 5.41) is 0. The second-order valence-corrected chi connectivity index (χ2v) is 9.87. The fourth-order valence-electron chi connectivity index (χ4n) is 2.99. The highest BCUT2D eigenvalue weighted by atomic mass is 32.2. The molecule has 0 aliphatic heterocycles. The van der Waals surface area contributed by atoms with Gasteiger partial charge in [0.2, 0.25) is 20.0 Å². The van der Waals surface area contributed by atoms with Gasteiger partial charge in [-0.3, -0.25) is 0 Å². The zero-order chi connectivity index (χ0) is 18.6. The molecule has 140 valence electrons. The minimum absolute atomic E-state index is 0.0315. The quantitative estimate of drug-likeness (QED) is 0.754. The van der Waals surface area contributed by atoms with Gasteiger partial charge >= 0.3 is 0 Å². The maximum Gasteiger partial charge on any atom is 0.240 e. The van der Waals surface area contributed by atoms with Gasteiger partial charge in [0.1, 0.15) is 0 Å². The molecule has 1 saturated carbocycles. The van der Waals surface area contributed by atoms with Crippen molar-refractivity contribution in [3.8, 4) is 0 Å². The van der Waals surface area contributed by atoms with Gasteiger partial charge < -0.3 is 0 Å². The van der Waals surface area contributed by atoms with Gasteiger partial charge in [0.25, 0.3) is 0 Å². The Bertz CT molecular complexity index is 934. The maximum absolute atomic E-state index is 12.4. The van der Waals surface area contributed by atoms with Gasteiger partial charge in [-0.1, -0.05) is 43.2 Å². The zero-order valence-electron chi connectivity index (χ0n) is 14.3. The Kier molecular flexibility index (Phi) is 5.76. The highest BCUT2D eigenvalue weighted by Crippen LogP contribution is 2.21. The van der Waals surface area contributed by atoms with Gasteiger partial charge in [0.05, 0.1) is 9.79 Å². The van der Waals surface area contributed by atoms with E-state index in [2.05, 4.69) is 9.44 Å². The van der Waals surface area contributed by atoms with Crippen LogP contribution in [0, 0.1) is 0 Å². The fourth-order valence-corrected chi connectivity index (χ4v) is 5.31. The molecule has 3 rings (SSSR count). The van der Waals surface area contributed by atoms with Crippen molar-refractivity contribution in [3.63, 3.8) is 0 Å². The van der Waals surface area contributed by atoms with E-state index >= 15 is 0 Å². The van der Waals surface area contributed by atoms with Crippen LogP contribution in [0.3, 0.4) is 0 Å². The summed E-state index contributed by atoms with van der Waals surface area (Å²) >= 11 is 0. The Morgan fingerprint density at radius 1 is 0.769 bits per heavy atom. The summed E-state index contributed by atoms with van der Waals surface area (Å²) < 4.78 is 54.7. The lowest BCUT2D eigenvalue weighted by Gasteiger charge is -2.13. The second-order valence-electron chi connectivity index (χ2n) is 6.38. The first kappa shape index (κ1) is 19.0. The van der Waals surface area contributed by atoms with Crippen molar-refractivity contribution in [2.45, 2.75) is 48.1 Å². The van der Waals surface area contributed by atoms with E-state index in [1.54, 1.807) is 0 Å². The molecule has 0 amide bonds. The summed E-state index contributed by atoms with van der Waals surface area (Å²) in [5.41, 5.74) is 0.844. The highest BCUT2D eigenvalue weighted by molar-refractivity contribution is 7.90. The van der Waals surface area contributed by atoms with Crippen molar-refractivity contribution in [1.29, 1.82) is 0 Å². The normalized spacial score (nSPS) is 16.0. The number of hydrogen-bond acceptors (Lipinski definition) is 4. The third-order valence-corrected chi connectivity index (χ3v) is 7.38. The summed E-state index contributed by atoms with van der Waals surface area (Å²) in [6.07, 6.45) is 3.74. The smallest absolute Gasteiger partial charge is 0.208 e. The fraction of sp³-hybridized carbons (Fsp3) is 0.333. The molecule has 6 nitrogen and oxygen atoms in total. The average Bonchev–Trinajstić information content (AvgIpc) is 3.13. The molecule has 2 N–H and O–H groups in total. The van der Waals surface area contributed by atoms with Crippen LogP contribution in [0.4, 0.5) is 0 Å². The molecule has 1 aliphatic carbocycles. The van der Waals surface area contributed by atoms with Gasteiger partial charge in [-0.05, 0) is 42.7 Å². The number of rotatable bonds is 7. The van der Waals surface area contributed by atoms with Crippen molar-refractivity contribution in [3.05, 3.63) is 60.2 Å². The van der Waals surface area contributed by atoms with Crippen molar-refractivity contribution < 1.29 is 16.8 Å². The van der Waals surface area contributed by atoms with Gasteiger partial charge in [0.15, 0.2) is 0 Å². The van der Waals surface area contributed by atoms with E-state index in [-0.39, 0.29) is 22.4 Å². The standard InChI is InChI=1S/C18H22N2O4S2/c21-25(22,19-14-15-6-2-1-3-7-15)17-10-12-18(13-11-17)26(23,24)20-16-8-4-5-9-16/h1-3,6-7,10-13,16,19-20H,4-5,8-9,14H2. The molecule has 0 saturated heterocycles. The molecule has 1 aliphatic rings. The van der Waals surface area contributed by atoms with E-state index in [1.165, 1.54) is 24.3 Å². The van der Waals surface area contributed by atoms with E-state index in [1.807, 2.05) is 30.3 Å².